The number of morpholine rings is 1. The molecule has 0 radical (unpaired) electrons. The number of carbonyl (C=O) groups excluding carboxylic acids is 1. The number of rotatable bonds is 5. The Kier molecular flexibility index (Phi) is 5.15. The third-order valence-corrected chi connectivity index (χ3v) is 3.85. The van der Waals surface area contributed by atoms with E-state index in [9.17, 15) is 4.79 Å². The van der Waals surface area contributed by atoms with Crippen LogP contribution < -0.4 is 14.8 Å². The van der Waals surface area contributed by atoms with Gasteiger partial charge < -0.3 is 19.5 Å². The maximum atomic E-state index is 12.0. The highest BCUT2D eigenvalue weighted by molar-refractivity contribution is 5.92. The molecule has 6 heteroatoms. The van der Waals surface area contributed by atoms with Gasteiger partial charge in [0, 0.05) is 31.8 Å². The van der Waals surface area contributed by atoms with Gasteiger partial charge in [-0.3, -0.25) is 9.69 Å². The van der Waals surface area contributed by atoms with Gasteiger partial charge in [-0.25, -0.2) is 0 Å². The molecule has 1 fully saturated rings. The Morgan fingerprint density at radius 3 is 2.91 bits per heavy atom. The van der Waals surface area contributed by atoms with Crippen molar-refractivity contribution in [2.24, 2.45) is 0 Å². The van der Waals surface area contributed by atoms with Gasteiger partial charge in [-0.15, -0.1) is 0 Å². The van der Waals surface area contributed by atoms with E-state index in [0.717, 1.165) is 44.2 Å². The molecule has 1 saturated heterocycles. The normalized spacial score (nSPS) is 19.0. The summed E-state index contributed by atoms with van der Waals surface area (Å²) in [6, 6.07) is 5.71. The summed E-state index contributed by atoms with van der Waals surface area (Å²) < 4.78 is 15.9. The number of amides is 1. The van der Waals surface area contributed by atoms with Crippen LogP contribution in [0.3, 0.4) is 0 Å². The predicted molar refractivity (Wildman–Crippen MR) is 86.5 cm³/mol. The first kappa shape index (κ1) is 15.8. The van der Waals surface area contributed by atoms with Crippen molar-refractivity contribution in [1.29, 1.82) is 0 Å². The lowest BCUT2D eigenvalue weighted by Crippen LogP contribution is -2.45. The third-order valence-electron chi connectivity index (χ3n) is 3.85. The molecule has 1 unspecified atom stereocenters. The smallest absolute Gasteiger partial charge is 0.244 e. The highest BCUT2D eigenvalue weighted by Crippen LogP contribution is 2.32. The quantitative estimate of drug-likeness (QED) is 0.829. The van der Waals surface area contributed by atoms with Crippen LogP contribution in [-0.2, 0) is 9.53 Å². The summed E-state index contributed by atoms with van der Waals surface area (Å²) >= 11 is 0. The van der Waals surface area contributed by atoms with Gasteiger partial charge >= 0.3 is 0 Å². The van der Waals surface area contributed by atoms with Crippen LogP contribution in [0.5, 0.6) is 11.5 Å². The second-order valence-electron chi connectivity index (χ2n) is 5.77. The Labute approximate surface area is 136 Å². The van der Waals surface area contributed by atoms with E-state index in [-0.39, 0.29) is 18.7 Å². The molecule has 1 amide bonds. The number of fused-ring (bicyclic) bond motifs is 1. The molecule has 0 spiro atoms. The zero-order valence-corrected chi connectivity index (χ0v) is 13.3. The summed E-state index contributed by atoms with van der Waals surface area (Å²) in [6.07, 6.45) is 3.33. The molecule has 1 N–H and O–H groups in total. The van der Waals surface area contributed by atoms with Crippen LogP contribution in [0.4, 0.5) is 0 Å². The lowest BCUT2D eigenvalue weighted by molar-refractivity contribution is -0.117. The van der Waals surface area contributed by atoms with Crippen molar-refractivity contribution < 1.29 is 19.0 Å². The SMILES string of the molecule is CC(CN1CCOCC1)NC(=O)C=Cc1ccc2c(c1)OCO2. The molecule has 0 bridgehead atoms. The molecule has 0 aliphatic carbocycles. The van der Waals surface area contributed by atoms with Gasteiger partial charge in [0.15, 0.2) is 11.5 Å². The van der Waals surface area contributed by atoms with Gasteiger partial charge in [0.1, 0.15) is 0 Å². The molecule has 2 aliphatic heterocycles. The second kappa shape index (κ2) is 7.48. The monoisotopic (exact) mass is 318 g/mol. The van der Waals surface area contributed by atoms with Crippen LogP contribution in [0.25, 0.3) is 6.08 Å². The average molecular weight is 318 g/mol. The van der Waals surface area contributed by atoms with E-state index in [1.165, 1.54) is 0 Å². The molecule has 1 atom stereocenters. The standard InChI is InChI=1S/C17H22N2O4/c1-13(11-19-6-8-21-9-7-19)18-17(20)5-3-14-2-4-15-16(10-14)23-12-22-15/h2-5,10,13H,6-9,11-12H2,1H3,(H,18,20). The Balaban J connectivity index is 1.48. The summed E-state index contributed by atoms with van der Waals surface area (Å²) in [7, 11) is 0. The number of benzene rings is 1. The van der Waals surface area contributed by atoms with Crippen molar-refractivity contribution in [3.8, 4) is 11.5 Å². The third kappa shape index (κ3) is 4.46. The zero-order valence-electron chi connectivity index (χ0n) is 13.3. The molecular weight excluding hydrogens is 296 g/mol. The summed E-state index contributed by atoms with van der Waals surface area (Å²) in [5.41, 5.74) is 0.908. The largest absolute Gasteiger partial charge is 0.454 e. The van der Waals surface area contributed by atoms with Crippen molar-refractivity contribution in [2.75, 3.05) is 39.6 Å². The summed E-state index contributed by atoms with van der Waals surface area (Å²) in [5.74, 6) is 1.36. The van der Waals surface area contributed by atoms with E-state index in [4.69, 9.17) is 14.2 Å². The lowest BCUT2D eigenvalue weighted by atomic mass is 10.2. The van der Waals surface area contributed by atoms with E-state index in [1.807, 2.05) is 25.1 Å². The Morgan fingerprint density at radius 2 is 2.09 bits per heavy atom. The molecular formula is C17H22N2O4. The predicted octanol–water partition coefficient (Wildman–Crippen LogP) is 1.27. The van der Waals surface area contributed by atoms with Crippen LogP contribution in [-0.4, -0.2) is 56.5 Å². The fraction of sp³-hybridized carbons (Fsp3) is 0.471. The lowest BCUT2D eigenvalue weighted by Gasteiger charge is -2.29. The van der Waals surface area contributed by atoms with Crippen LogP contribution in [0.2, 0.25) is 0 Å². The molecule has 2 heterocycles. The number of hydrogen-bond acceptors (Lipinski definition) is 5. The first-order chi connectivity index (χ1) is 11.2. The minimum absolute atomic E-state index is 0.0940. The van der Waals surface area contributed by atoms with Gasteiger partial charge in [-0.1, -0.05) is 6.07 Å². The number of ether oxygens (including phenoxy) is 3. The summed E-state index contributed by atoms with van der Waals surface area (Å²) in [4.78, 5) is 14.3. The van der Waals surface area contributed by atoms with Crippen LogP contribution in [0.1, 0.15) is 12.5 Å². The number of nitrogens with one attached hydrogen (secondary N) is 1. The Bertz CT molecular complexity index is 582. The molecule has 0 aromatic heterocycles. The van der Waals surface area contributed by atoms with Crippen molar-refractivity contribution in [1.82, 2.24) is 10.2 Å². The Morgan fingerprint density at radius 1 is 1.30 bits per heavy atom. The summed E-state index contributed by atoms with van der Waals surface area (Å²) in [5, 5.41) is 2.99. The second-order valence-corrected chi connectivity index (χ2v) is 5.77. The van der Waals surface area contributed by atoms with E-state index >= 15 is 0 Å². The maximum absolute atomic E-state index is 12.0. The van der Waals surface area contributed by atoms with Gasteiger partial charge in [-0.2, -0.15) is 0 Å². The van der Waals surface area contributed by atoms with E-state index < -0.39 is 0 Å². The minimum Gasteiger partial charge on any atom is -0.454 e. The Hall–Kier alpha value is -2.05. The fourth-order valence-electron chi connectivity index (χ4n) is 2.70. The summed E-state index contributed by atoms with van der Waals surface area (Å²) in [6.45, 7) is 6.49. The average Bonchev–Trinajstić information content (AvgIpc) is 3.01. The number of hydrogen-bond donors (Lipinski definition) is 1. The van der Waals surface area contributed by atoms with Crippen LogP contribution in [0.15, 0.2) is 24.3 Å². The van der Waals surface area contributed by atoms with Crippen molar-refractivity contribution in [2.45, 2.75) is 13.0 Å². The first-order valence-corrected chi connectivity index (χ1v) is 7.89. The fourth-order valence-corrected chi connectivity index (χ4v) is 2.70. The molecule has 2 aliphatic rings. The molecule has 6 nitrogen and oxygen atoms in total. The molecule has 3 rings (SSSR count). The van der Waals surface area contributed by atoms with Gasteiger partial charge in [0.25, 0.3) is 0 Å². The molecule has 0 saturated carbocycles. The highest BCUT2D eigenvalue weighted by atomic mass is 16.7. The topological polar surface area (TPSA) is 60.0 Å². The maximum Gasteiger partial charge on any atom is 0.244 e. The molecule has 23 heavy (non-hydrogen) atoms. The van der Waals surface area contributed by atoms with Gasteiger partial charge in [0.05, 0.1) is 13.2 Å². The molecule has 1 aromatic rings. The number of nitrogens with zero attached hydrogens (tertiary/aromatic N) is 1. The molecule has 124 valence electrons. The van der Waals surface area contributed by atoms with E-state index in [2.05, 4.69) is 10.2 Å². The van der Waals surface area contributed by atoms with Crippen LogP contribution >= 0.6 is 0 Å². The van der Waals surface area contributed by atoms with Gasteiger partial charge in [0.2, 0.25) is 12.7 Å². The van der Waals surface area contributed by atoms with E-state index in [0.29, 0.717) is 5.75 Å². The van der Waals surface area contributed by atoms with Crippen LogP contribution in [0, 0.1) is 0 Å². The zero-order chi connectivity index (χ0) is 16.1. The van der Waals surface area contributed by atoms with Gasteiger partial charge in [-0.05, 0) is 30.7 Å². The van der Waals surface area contributed by atoms with Crippen molar-refractivity contribution >= 4 is 12.0 Å². The van der Waals surface area contributed by atoms with Crippen molar-refractivity contribution in [3.63, 3.8) is 0 Å². The van der Waals surface area contributed by atoms with E-state index in [1.54, 1.807) is 12.2 Å². The molecule has 1 aromatic carbocycles. The first-order valence-electron chi connectivity index (χ1n) is 7.89. The van der Waals surface area contributed by atoms with Crippen molar-refractivity contribution in [3.05, 3.63) is 29.8 Å². The minimum atomic E-state index is -0.0940. The highest BCUT2D eigenvalue weighted by Gasteiger charge is 2.15. The number of carbonyl (C=O) groups is 1.